The molecule has 0 radical (unpaired) electrons. The number of aromatic amines is 1. The molecule has 0 spiro atoms. The van der Waals surface area contributed by atoms with Crippen molar-refractivity contribution >= 4 is 26.8 Å². The molecule has 9 nitrogen and oxygen atoms in total. The fourth-order valence-corrected chi connectivity index (χ4v) is 5.55. The van der Waals surface area contributed by atoms with E-state index in [0.29, 0.717) is 48.2 Å². The Kier molecular flexibility index (Phi) is 6.39. The van der Waals surface area contributed by atoms with Crippen molar-refractivity contribution in [1.82, 2.24) is 30.4 Å². The van der Waals surface area contributed by atoms with Crippen molar-refractivity contribution in [3.8, 4) is 0 Å². The van der Waals surface area contributed by atoms with E-state index in [-0.39, 0.29) is 23.9 Å². The summed E-state index contributed by atoms with van der Waals surface area (Å²) in [5.74, 6) is -3.14. The molecule has 0 aliphatic carbocycles. The molecule has 12 heteroatoms. The molecule has 4 heterocycles. The predicted octanol–water partition coefficient (Wildman–Crippen LogP) is 2.18. The number of alkyl halides is 2. The van der Waals surface area contributed by atoms with Gasteiger partial charge < -0.3 is 5.32 Å². The van der Waals surface area contributed by atoms with Crippen LogP contribution in [0.4, 0.5) is 8.78 Å². The van der Waals surface area contributed by atoms with Crippen LogP contribution < -0.4 is 5.32 Å². The van der Waals surface area contributed by atoms with Gasteiger partial charge in [0.2, 0.25) is 0 Å². The summed E-state index contributed by atoms with van der Waals surface area (Å²) in [6.45, 7) is 1.23. The van der Waals surface area contributed by atoms with Crippen molar-refractivity contribution in [2.45, 2.75) is 42.4 Å². The average Bonchev–Trinajstić information content (AvgIpc) is 3.25. The molecule has 1 fully saturated rings. The lowest BCUT2D eigenvalue weighted by Crippen LogP contribution is -2.43. The molecule has 1 aliphatic rings. The van der Waals surface area contributed by atoms with E-state index in [9.17, 15) is 22.0 Å². The van der Waals surface area contributed by atoms with Crippen molar-refractivity contribution in [3.05, 3.63) is 48.0 Å². The van der Waals surface area contributed by atoms with Crippen molar-refractivity contribution in [2.75, 3.05) is 19.6 Å². The number of hydrogen-bond acceptors (Lipinski definition) is 7. The first-order chi connectivity index (χ1) is 15.6. The molecule has 4 rings (SSSR count). The second kappa shape index (κ2) is 9.10. The first kappa shape index (κ1) is 23.2. The number of amides is 1. The van der Waals surface area contributed by atoms with Crippen LogP contribution in [0.2, 0.25) is 0 Å². The van der Waals surface area contributed by atoms with E-state index in [0.717, 1.165) is 6.92 Å². The molecule has 3 aromatic heterocycles. The number of halogens is 2. The zero-order valence-electron chi connectivity index (χ0n) is 18.0. The van der Waals surface area contributed by atoms with Gasteiger partial charge in [0.25, 0.3) is 11.8 Å². The third kappa shape index (κ3) is 5.50. The number of sulfone groups is 1. The minimum absolute atomic E-state index is 0.0893. The molecular formula is C21H24F2N6O3S. The van der Waals surface area contributed by atoms with Crippen molar-refractivity contribution in [3.63, 3.8) is 0 Å². The minimum Gasteiger partial charge on any atom is -0.346 e. The van der Waals surface area contributed by atoms with Gasteiger partial charge in [0.15, 0.2) is 15.5 Å². The van der Waals surface area contributed by atoms with Gasteiger partial charge in [-0.2, -0.15) is 5.10 Å². The topological polar surface area (TPSA) is 121 Å². The number of pyridine rings is 2. The molecule has 1 saturated heterocycles. The third-order valence-corrected chi connectivity index (χ3v) is 7.83. The number of carbonyl (C=O) groups excluding carboxylic acids is 1. The molecule has 0 bridgehead atoms. The summed E-state index contributed by atoms with van der Waals surface area (Å²) in [7, 11) is -3.62. The van der Waals surface area contributed by atoms with Crippen LogP contribution in [0.25, 0.3) is 11.0 Å². The van der Waals surface area contributed by atoms with Crippen LogP contribution in [0.1, 0.15) is 35.8 Å². The van der Waals surface area contributed by atoms with Crippen LogP contribution in [-0.2, 0) is 16.4 Å². The van der Waals surface area contributed by atoms with Crippen LogP contribution >= 0.6 is 0 Å². The third-order valence-electron chi connectivity index (χ3n) is 5.58. The van der Waals surface area contributed by atoms with Gasteiger partial charge in [-0.05, 0) is 44.1 Å². The van der Waals surface area contributed by atoms with Gasteiger partial charge in [-0.1, -0.05) is 0 Å². The van der Waals surface area contributed by atoms with E-state index < -0.39 is 21.0 Å². The SMILES string of the molecule is CC(F)(F)CN1CCC(S(=O)(=O)c2ccc(CNC(=O)c3cnc4[nH]ncc4c3)nc2)CC1. The molecule has 0 saturated carbocycles. The molecule has 3 aromatic rings. The Bertz CT molecular complexity index is 1230. The van der Waals surface area contributed by atoms with Gasteiger partial charge in [-0.15, -0.1) is 0 Å². The summed E-state index contributed by atoms with van der Waals surface area (Å²) in [5.41, 5.74) is 1.45. The lowest BCUT2D eigenvalue weighted by molar-refractivity contribution is -0.0183. The Balaban J connectivity index is 1.34. The number of piperidine rings is 1. The van der Waals surface area contributed by atoms with Crippen molar-refractivity contribution in [1.29, 1.82) is 0 Å². The van der Waals surface area contributed by atoms with Gasteiger partial charge >= 0.3 is 0 Å². The van der Waals surface area contributed by atoms with Crippen LogP contribution in [0.3, 0.4) is 0 Å². The fourth-order valence-electron chi connectivity index (χ4n) is 3.88. The van der Waals surface area contributed by atoms with E-state index in [1.54, 1.807) is 23.2 Å². The molecular weight excluding hydrogens is 454 g/mol. The van der Waals surface area contributed by atoms with E-state index in [2.05, 4.69) is 25.5 Å². The lowest BCUT2D eigenvalue weighted by atomic mass is 10.1. The van der Waals surface area contributed by atoms with Crippen molar-refractivity contribution in [2.24, 2.45) is 0 Å². The number of nitrogens with zero attached hydrogens (tertiary/aromatic N) is 4. The zero-order chi connectivity index (χ0) is 23.6. The number of H-pyrrole nitrogens is 1. The highest BCUT2D eigenvalue weighted by Gasteiger charge is 2.34. The predicted molar refractivity (Wildman–Crippen MR) is 117 cm³/mol. The Morgan fingerprint density at radius 2 is 1.97 bits per heavy atom. The molecule has 33 heavy (non-hydrogen) atoms. The molecule has 1 aliphatic heterocycles. The first-order valence-electron chi connectivity index (χ1n) is 10.5. The van der Waals surface area contributed by atoms with Crippen LogP contribution in [0, 0.1) is 0 Å². The van der Waals surface area contributed by atoms with Crippen LogP contribution in [-0.4, -0.2) is 70.2 Å². The molecule has 0 unspecified atom stereocenters. The summed E-state index contributed by atoms with van der Waals surface area (Å²) >= 11 is 0. The van der Waals surface area contributed by atoms with Gasteiger partial charge in [0.1, 0.15) is 0 Å². The molecule has 0 atom stereocenters. The van der Waals surface area contributed by atoms with E-state index >= 15 is 0 Å². The summed E-state index contributed by atoms with van der Waals surface area (Å²) in [6.07, 6.45) is 4.88. The fraction of sp³-hybridized carbons (Fsp3) is 0.429. The maximum atomic E-state index is 13.2. The van der Waals surface area contributed by atoms with E-state index in [1.807, 2.05) is 0 Å². The largest absolute Gasteiger partial charge is 0.346 e. The van der Waals surface area contributed by atoms with E-state index in [1.165, 1.54) is 18.5 Å². The number of rotatable bonds is 7. The zero-order valence-corrected chi connectivity index (χ0v) is 18.8. The maximum absolute atomic E-state index is 13.2. The Morgan fingerprint density at radius 1 is 1.21 bits per heavy atom. The van der Waals surface area contributed by atoms with Gasteiger partial charge in [0, 0.05) is 24.7 Å². The lowest BCUT2D eigenvalue weighted by Gasteiger charge is -2.33. The van der Waals surface area contributed by atoms with Gasteiger partial charge in [-0.3, -0.25) is 19.8 Å². The number of carbonyl (C=O) groups is 1. The first-order valence-corrected chi connectivity index (χ1v) is 12.0. The number of hydrogen-bond donors (Lipinski definition) is 2. The van der Waals surface area contributed by atoms with E-state index in [4.69, 9.17) is 0 Å². The van der Waals surface area contributed by atoms with Crippen LogP contribution in [0.5, 0.6) is 0 Å². The normalized spacial score (nSPS) is 16.2. The summed E-state index contributed by atoms with van der Waals surface area (Å²) in [6, 6.07) is 4.68. The Morgan fingerprint density at radius 3 is 2.64 bits per heavy atom. The minimum atomic E-state index is -3.62. The maximum Gasteiger partial charge on any atom is 0.257 e. The monoisotopic (exact) mass is 478 g/mol. The highest BCUT2D eigenvalue weighted by Crippen LogP contribution is 2.26. The standard InChI is InChI=1S/C21H24F2N6O3S/c1-21(22,23)13-29-6-4-17(5-7-29)33(31,32)18-3-2-16(24-12-18)11-26-20(30)15-8-14-10-27-28-19(14)25-9-15/h2-3,8-10,12,17H,4-7,11,13H2,1H3,(H,26,30)(H,25,27,28). The smallest absolute Gasteiger partial charge is 0.257 e. The Hall–Kier alpha value is -2.99. The summed E-state index contributed by atoms with van der Waals surface area (Å²) < 4.78 is 52.3. The highest BCUT2D eigenvalue weighted by atomic mass is 32.2. The second-order valence-corrected chi connectivity index (χ2v) is 10.5. The van der Waals surface area contributed by atoms with Gasteiger partial charge in [-0.25, -0.2) is 22.2 Å². The molecule has 0 aromatic carbocycles. The highest BCUT2D eigenvalue weighted by molar-refractivity contribution is 7.92. The Labute approximate surface area is 189 Å². The number of likely N-dealkylation sites (tertiary alicyclic amines) is 1. The van der Waals surface area contributed by atoms with Crippen molar-refractivity contribution < 1.29 is 22.0 Å². The quantitative estimate of drug-likeness (QED) is 0.534. The average molecular weight is 479 g/mol. The molecule has 1 amide bonds. The molecule has 2 N–H and O–H groups in total. The number of nitrogens with one attached hydrogen (secondary N) is 2. The van der Waals surface area contributed by atoms with Crippen LogP contribution in [0.15, 0.2) is 41.7 Å². The summed E-state index contributed by atoms with van der Waals surface area (Å²) in [4.78, 5) is 22.4. The second-order valence-electron chi connectivity index (χ2n) is 8.29. The van der Waals surface area contributed by atoms with Gasteiger partial charge in [0.05, 0.1) is 40.7 Å². The number of aromatic nitrogens is 4. The number of fused-ring (bicyclic) bond motifs is 1. The molecule has 176 valence electrons. The summed E-state index contributed by atoms with van der Waals surface area (Å²) in [5, 5.41) is 9.39.